The predicted octanol–water partition coefficient (Wildman–Crippen LogP) is 3.83. The average Bonchev–Trinajstić information content (AvgIpc) is 2.42. The van der Waals surface area contributed by atoms with Crippen molar-refractivity contribution in [1.82, 2.24) is 9.97 Å². The number of aryl methyl sites for hydroxylation is 1. The number of nitrogen functional groups attached to an aromatic ring is 1. The average molecular weight is 386 g/mol. The normalized spacial score (nSPS) is 10.6. The maximum atomic E-state index is 5.52. The van der Waals surface area contributed by atoms with Crippen LogP contribution in [0.1, 0.15) is 18.2 Å². The van der Waals surface area contributed by atoms with Gasteiger partial charge in [0.25, 0.3) is 0 Å². The third kappa shape index (κ3) is 2.96. The minimum absolute atomic E-state index is 0.667. The number of nitrogens with one attached hydrogen (secondary N) is 1. The van der Waals surface area contributed by atoms with Crippen LogP contribution in [0, 0.1) is 6.92 Å². The molecule has 1 heterocycles. The zero-order chi connectivity index (χ0) is 14.0. The number of benzene rings is 1. The van der Waals surface area contributed by atoms with E-state index in [-0.39, 0.29) is 0 Å². The van der Waals surface area contributed by atoms with Crippen LogP contribution in [0.25, 0.3) is 11.4 Å². The summed E-state index contributed by atoms with van der Waals surface area (Å²) in [5.41, 5.74) is 5.57. The number of halogens is 2. The summed E-state index contributed by atoms with van der Waals surface area (Å²) in [7, 11) is 0. The minimum Gasteiger partial charge on any atom is -0.308 e. The number of anilines is 1. The third-order valence-electron chi connectivity index (χ3n) is 2.90. The number of hydrazine groups is 1. The van der Waals surface area contributed by atoms with Crippen LogP contribution in [0.15, 0.2) is 27.1 Å². The first-order chi connectivity index (χ1) is 9.06. The van der Waals surface area contributed by atoms with Crippen molar-refractivity contribution in [2.45, 2.75) is 20.3 Å². The van der Waals surface area contributed by atoms with Gasteiger partial charge in [-0.1, -0.05) is 6.92 Å². The lowest BCUT2D eigenvalue weighted by molar-refractivity contribution is 0.973. The molecular weight excluding hydrogens is 372 g/mol. The molecule has 100 valence electrons. The topological polar surface area (TPSA) is 63.8 Å². The van der Waals surface area contributed by atoms with Crippen LogP contribution >= 0.6 is 31.9 Å². The van der Waals surface area contributed by atoms with Gasteiger partial charge >= 0.3 is 0 Å². The maximum Gasteiger partial charge on any atom is 0.161 e. The highest BCUT2D eigenvalue weighted by Crippen LogP contribution is 2.29. The SMILES string of the molecule is CCc1nc(-c2ccc(Br)c(Br)c2)nc(NN)c1C. The molecule has 6 heteroatoms. The molecule has 1 aromatic heterocycles. The highest BCUT2D eigenvalue weighted by atomic mass is 79.9. The molecule has 0 amide bonds. The van der Waals surface area contributed by atoms with Crippen molar-refractivity contribution >= 4 is 37.7 Å². The van der Waals surface area contributed by atoms with Gasteiger partial charge in [0, 0.05) is 25.8 Å². The van der Waals surface area contributed by atoms with Gasteiger partial charge in [-0.15, -0.1) is 0 Å². The lowest BCUT2D eigenvalue weighted by atomic mass is 10.1. The Balaban J connectivity index is 2.58. The molecule has 0 spiro atoms. The number of nitrogens with two attached hydrogens (primary N) is 1. The zero-order valence-electron chi connectivity index (χ0n) is 10.7. The molecule has 0 unspecified atom stereocenters. The van der Waals surface area contributed by atoms with Gasteiger partial charge in [-0.05, 0) is 63.4 Å². The lowest BCUT2D eigenvalue weighted by Crippen LogP contribution is -2.13. The van der Waals surface area contributed by atoms with E-state index in [1.165, 1.54) is 0 Å². The Morgan fingerprint density at radius 2 is 1.95 bits per heavy atom. The van der Waals surface area contributed by atoms with Crippen LogP contribution in [-0.2, 0) is 6.42 Å². The molecule has 0 saturated carbocycles. The lowest BCUT2D eigenvalue weighted by Gasteiger charge is -2.11. The summed E-state index contributed by atoms with van der Waals surface area (Å²) in [6, 6.07) is 5.91. The van der Waals surface area contributed by atoms with Gasteiger partial charge < -0.3 is 5.43 Å². The molecule has 2 aromatic rings. The summed E-state index contributed by atoms with van der Waals surface area (Å²) in [5.74, 6) is 6.86. The molecule has 1 aromatic carbocycles. The van der Waals surface area contributed by atoms with Gasteiger partial charge in [0.15, 0.2) is 5.82 Å². The molecule has 0 saturated heterocycles. The summed E-state index contributed by atoms with van der Waals surface area (Å²) >= 11 is 6.94. The van der Waals surface area contributed by atoms with Crippen molar-refractivity contribution in [2.75, 3.05) is 5.43 Å². The fourth-order valence-electron chi connectivity index (χ4n) is 1.81. The van der Waals surface area contributed by atoms with E-state index in [1.54, 1.807) is 0 Å². The van der Waals surface area contributed by atoms with Gasteiger partial charge in [0.05, 0.1) is 0 Å². The minimum atomic E-state index is 0.667. The second-order valence-corrected chi connectivity index (χ2v) is 5.80. The Morgan fingerprint density at radius 1 is 1.21 bits per heavy atom. The standard InChI is InChI=1S/C13H14Br2N4/c1-3-11-7(2)12(19-16)18-13(17-11)8-4-5-9(14)10(15)6-8/h4-6H,3,16H2,1-2H3,(H,17,18,19). The van der Waals surface area contributed by atoms with Crippen molar-refractivity contribution in [3.05, 3.63) is 38.4 Å². The van der Waals surface area contributed by atoms with Crippen molar-refractivity contribution in [3.63, 3.8) is 0 Å². The summed E-state index contributed by atoms with van der Waals surface area (Å²) in [6.07, 6.45) is 0.841. The molecule has 19 heavy (non-hydrogen) atoms. The monoisotopic (exact) mass is 384 g/mol. The van der Waals surface area contributed by atoms with Crippen LogP contribution in [0.2, 0.25) is 0 Å². The Hall–Kier alpha value is -0.980. The Kier molecular flexibility index (Phi) is 4.54. The van der Waals surface area contributed by atoms with E-state index in [4.69, 9.17) is 5.84 Å². The summed E-state index contributed by atoms with van der Waals surface area (Å²) < 4.78 is 1.96. The van der Waals surface area contributed by atoms with Crippen molar-refractivity contribution in [1.29, 1.82) is 0 Å². The highest BCUT2D eigenvalue weighted by Gasteiger charge is 2.11. The molecule has 3 N–H and O–H groups in total. The number of hydrogen-bond acceptors (Lipinski definition) is 4. The molecule has 0 bridgehead atoms. The first-order valence-electron chi connectivity index (χ1n) is 5.86. The number of hydrogen-bond donors (Lipinski definition) is 2. The molecule has 2 rings (SSSR count). The molecular formula is C13H14Br2N4. The summed E-state index contributed by atoms with van der Waals surface area (Å²) in [5, 5.41) is 0. The van der Waals surface area contributed by atoms with Gasteiger partial charge in [0.2, 0.25) is 0 Å². The fraction of sp³-hybridized carbons (Fsp3) is 0.231. The van der Waals surface area contributed by atoms with Gasteiger partial charge in [-0.2, -0.15) is 0 Å². The quantitative estimate of drug-likeness (QED) is 0.622. The zero-order valence-corrected chi connectivity index (χ0v) is 13.8. The molecule has 0 atom stereocenters. The predicted molar refractivity (Wildman–Crippen MR) is 84.8 cm³/mol. The Labute approximate surface area is 129 Å². The Morgan fingerprint density at radius 3 is 2.53 bits per heavy atom. The van der Waals surface area contributed by atoms with E-state index in [1.807, 2.05) is 25.1 Å². The van der Waals surface area contributed by atoms with E-state index < -0.39 is 0 Å². The highest BCUT2D eigenvalue weighted by molar-refractivity contribution is 9.13. The van der Waals surface area contributed by atoms with E-state index in [2.05, 4.69) is 54.2 Å². The van der Waals surface area contributed by atoms with E-state index in [0.717, 1.165) is 32.2 Å². The molecule has 0 radical (unpaired) electrons. The van der Waals surface area contributed by atoms with Crippen LogP contribution in [0.3, 0.4) is 0 Å². The van der Waals surface area contributed by atoms with Crippen LogP contribution in [0.4, 0.5) is 5.82 Å². The number of aromatic nitrogens is 2. The van der Waals surface area contributed by atoms with Crippen LogP contribution < -0.4 is 11.3 Å². The van der Waals surface area contributed by atoms with Crippen molar-refractivity contribution in [3.8, 4) is 11.4 Å². The van der Waals surface area contributed by atoms with E-state index in [0.29, 0.717) is 11.6 Å². The van der Waals surface area contributed by atoms with Gasteiger partial charge in [0.1, 0.15) is 5.82 Å². The number of nitrogens with zero attached hydrogens (tertiary/aromatic N) is 2. The largest absolute Gasteiger partial charge is 0.308 e. The number of rotatable bonds is 3. The summed E-state index contributed by atoms with van der Waals surface area (Å²) in [6.45, 7) is 4.03. The van der Waals surface area contributed by atoms with Crippen molar-refractivity contribution in [2.24, 2.45) is 5.84 Å². The second-order valence-electron chi connectivity index (χ2n) is 4.09. The molecule has 0 aliphatic rings. The van der Waals surface area contributed by atoms with E-state index in [9.17, 15) is 0 Å². The second kappa shape index (κ2) is 5.98. The van der Waals surface area contributed by atoms with Gasteiger partial charge in [-0.3, -0.25) is 0 Å². The fourth-order valence-corrected chi connectivity index (χ4v) is 2.44. The summed E-state index contributed by atoms with van der Waals surface area (Å²) in [4.78, 5) is 9.05. The smallest absolute Gasteiger partial charge is 0.161 e. The molecule has 0 fully saturated rings. The maximum absolute atomic E-state index is 5.52. The molecule has 0 aliphatic carbocycles. The Bertz CT molecular complexity index is 589. The molecule has 0 aliphatic heterocycles. The first-order valence-corrected chi connectivity index (χ1v) is 7.45. The van der Waals surface area contributed by atoms with E-state index >= 15 is 0 Å². The van der Waals surface area contributed by atoms with Crippen molar-refractivity contribution < 1.29 is 0 Å². The van der Waals surface area contributed by atoms with Crippen LogP contribution in [0.5, 0.6) is 0 Å². The third-order valence-corrected chi connectivity index (χ3v) is 4.78. The first kappa shape index (κ1) is 14.4. The molecule has 4 nitrogen and oxygen atoms in total. The van der Waals surface area contributed by atoms with Crippen LogP contribution in [-0.4, -0.2) is 9.97 Å². The van der Waals surface area contributed by atoms with Gasteiger partial charge in [-0.25, -0.2) is 15.8 Å².